The Kier molecular flexibility index (Phi) is 4.39. The van der Waals surface area contributed by atoms with Crippen molar-refractivity contribution < 1.29 is 19.2 Å². The Morgan fingerprint density at radius 1 is 1.39 bits per heavy atom. The van der Waals surface area contributed by atoms with Crippen molar-refractivity contribution in [1.82, 2.24) is 4.90 Å². The van der Waals surface area contributed by atoms with Crippen molar-refractivity contribution in [3.8, 4) is 5.75 Å². The minimum atomic E-state index is -0.723. The van der Waals surface area contributed by atoms with E-state index in [1.165, 1.54) is 6.07 Å². The first kappa shape index (κ1) is 16.4. The van der Waals surface area contributed by atoms with Crippen LogP contribution in [0.2, 0.25) is 0 Å². The van der Waals surface area contributed by atoms with Crippen LogP contribution in [0.1, 0.15) is 17.3 Å². The molecule has 3 rings (SSSR count). The van der Waals surface area contributed by atoms with Gasteiger partial charge in [-0.15, -0.1) is 0 Å². The number of nitro benzene ring substituents is 1. The average molecular weight is 385 g/mol. The quantitative estimate of drug-likeness (QED) is 0.587. The molecule has 0 spiro atoms. The van der Waals surface area contributed by atoms with Crippen LogP contribution in [0.4, 0.5) is 5.69 Å². The first-order valence-corrected chi connectivity index (χ1v) is 8.16. The molecule has 8 heteroatoms. The van der Waals surface area contributed by atoms with Gasteiger partial charge in [-0.2, -0.15) is 0 Å². The van der Waals surface area contributed by atoms with Gasteiger partial charge in [0.2, 0.25) is 5.75 Å². The number of nitro groups is 1. The molecule has 1 saturated heterocycles. The summed E-state index contributed by atoms with van der Waals surface area (Å²) >= 11 is 3.23. The average Bonchev–Trinajstić information content (AvgIpc) is 2.52. The van der Waals surface area contributed by atoms with E-state index in [2.05, 4.69) is 20.8 Å². The third kappa shape index (κ3) is 3.11. The van der Waals surface area contributed by atoms with Crippen LogP contribution < -0.4 is 4.74 Å². The van der Waals surface area contributed by atoms with Gasteiger partial charge in [0.05, 0.1) is 29.1 Å². The van der Waals surface area contributed by atoms with E-state index in [-0.39, 0.29) is 29.4 Å². The molecule has 2 aliphatic heterocycles. The lowest BCUT2D eigenvalue weighted by molar-refractivity contribution is -0.386. The van der Waals surface area contributed by atoms with Crippen LogP contribution in [0, 0.1) is 15.5 Å². The van der Waals surface area contributed by atoms with Crippen LogP contribution in [0.5, 0.6) is 5.75 Å². The van der Waals surface area contributed by atoms with Crippen molar-refractivity contribution in [3.63, 3.8) is 0 Å². The number of carbonyl (C=O) groups is 1. The molecular formula is C15H17BrN2O5. The lowest BCUT2D eigenvalue weighted by atomic mass is 9.80. The Bertz CT molecular complexity index is 660. The van der Waals surface area contributed by atoms with Crippen molar-refractivity contribution in [3.05, 3.63) is 32.3 Å². The summed E-state index contributed by atoms with van der Waals surface area (Å²) in [4.78, 5) is 25.8. The molecule has 0 saturated carbocycles. The van der Waals surface area contributed by atoms with Crippen LogP contribution >= 0.6 is 15.9 Å². The van der Waals surface area contributed by atoms with E-state index in [4.69, 9.17) is 9.47 Å². The van der Waals surface area contributed by atoms with Crippen LogP contribution in [0.25, 0.3) is 0 Å². The summed E-state index contributed by atoms with van der Waals surface area (Å²) < 4.78 is 11.5. The smallest absolute Gasteiger partial charge is 0.312 e. The van der Waals surface area contributed by atoms with Gasteiger partial charge >= 0.3 is 5.69 Å². The molecule has 1 aromatic carbocycles. The molecule has 0 N–H and O–H groups in total. The molecule has 1 atom stereocenters. The molecule has 2 aliphatic rings. The highest BCUT2D eigenvalue weighted by Crippen LogP contribution is 2.42. The fourth-order valence-electron chi connectivity index (χ4n) is 3.03. The summed E-state index contributed by atoms with van der Waals surface area (Å²) in [5.74, 6) is -0.0442. The van der Waals surface area contributed by atoms with Crippen LogP contribution in [-0.2, 0) is 4.74 Å². The van der Waals surface area contributed by atoms with E-state index in [9.17, 15) is 14.9 Å². The normalized spacial score (nSPS) is 24.9. The lowest BCUT2D eigenvalue weighted by Crippen LogP contribution is -2.50. The summed E-state index contributed by atoms with van der Waals surface area (Å²) in [5, 5.41) is 11.2. The second-order valence-corrected chi connectivity index (χ2v) is 7.04. The number of ether oxygens (including phenoxy) is 2. The number of hydrogen-bond donors (Lipinski definition) is 0. The van der Waals surface area contributed by atoms with Gasteiger partial charge in [0.1, 0.15) is 6.61 Å². The van der Waals surface area contributed by atoms with E-state index in [0.29, 0.717) is 24.2 Å². The maximum atomic E-state index is 13.0. The molecule has 7 nitrogen and oxygen atoms in total. The molecule has 0 amide bonds. The highest BCUT2D eigenvalue weighted by Gasteiger charge is 2.44. The molecule has 0 aromatic heterocycles. The van der Waals surface area contributed by atoms with Crippen LogP contribution in [0.15, 0.2) is 16.6 Å². The maximum Gasteiger partial charge on any atom is 0.312 e. The number of benzene rings is 1. The molecule has 0 radical (unpaired) electrons. The Morgan fingerprint density at radius 3 is 2.74 bits per heavy atom. The first-order chi connectivity index (χ1) is 10.9. The van der Waals surface area contributed by atoms with Gasteiger partial charge in [0.25, 0.3) is 0 Å². The lowest BCUT2D eigenvalue weighted by Gasteiger charge is -2.38. The molecular weight excluding hydrogens is 368 g/mol. The third-order valence-corrected chi connectivity index (χ3v) is 4.69. The number of fused-ring (bicyclic) bond motifs is 1. The third-order valence-electron chi connectivity index (χ3n) is 4.23. The largest absolute Gasteiger partial charge is 0.485 e. The second kappa shape index (κ2) is 6.18. The van der Waals surface area contributed by atoms with Gasteiger partial charge in [-0.3, -0.25) is 19.8 Å². The molecule has 0 unspecified atom stereocenters. The number of hydrogen-bond acceptors (Lipinski definition) is 6. The van der Waals surface area contributed by atoms with Gasteiger partial charge in [-0.1, -0.05) is 15.9 Å². The molecule has 1 fully saturated rings. The molecule has 0 bridgehead atoms. The van der Waals surface area contributed by atoms with E-state index in [0.717, 1.165) is 13.1 Å². The minimum Gasteiger partial charge on any atom is -0.485 e. The Balaban J connectivity index is 1.92. The molecule has 23 heavy (non-hydrogen) atoms. The molecule has 2 heterocycles. The van der Waals surface area contributed by atoms with Crippen molar-refractivity contribution in [1.29, 1.82) is 0 Å². The monoisotopic (exact) mass is 384 g/mol. The van der Waals surface area contributed by atoms with E-state index in [1.807, 2.05) is 6.92 Å². The number of morpholine rings is 1. The fraction of sp³-hybridized carbons (Fsp3) is 0.533. The van der Waals surface area contributed by atoms with E-state index >= 15 is 0 Å². The molecule has 0 aliphatic carbocycles. The van der Waals surface area contributed by atoms with Crippen molar-refractivity contribution in [2.45, 2.75) is 6.92 Å². The van der Waals surface area contributed by atoms with Gasteiger partial charge in [-0.05, 0) is 13.0 Å². The van der Waals surface area contributed by atoms with Gasteiger partial charge < -0.3 is 9.47 Å². The van der Waals surface area contributed by atoms with E-state index < -0.39 is 10.3 Å². The van der Waals surface area contributed by atoms with Gasteiger partial charge in [0, 0.05) is 30.2 Å². The van der Waals surface area contributed by atoms with Gasteiger partial charge in [0.15, 0.2) is 5.78 Å². The SMILES string of the molecule is C[C@]1(CN2CCOCC2)COc2c(cc(Br)cc2[N+](=O)[O-])C1=O. The zero-order chi connectivity index (χ0) is 16.6. The summed E-state index contributed by atoms with van der Waals surface area (Å²) in [7, 11) is 0. The maximum absolute atomic E-state index is 13.0. The molecule has 1 aromatic rings. The highest BCUT2D eigenvalue weighted by atomic mass is 79.9. The summed E-state index contributed by atoms with van der Waals surface area (Å²) in [6.45, 7) is 5.38. The zero-order valence-electron chi connectivity index (χ0n) is 12.7. The first-order valence-electron chi connectivity index (χ1n) is 7.36. The number of halogens is 1. The summed E-state index contributed by atoms with van der Waals surface area (Å²) in [6.07, 6.45) is 0. The Labute approximate surface area is 141 Å². The number of Topliss-reactive ketones (excluding diaryl/α,β-unsaturated/α-hetero) is 1. The number of carbonyl (C=O) groups excluding carboxylic acids is 1. The Hall–Kier alpha value is -1.51. The van der Waals surface area contributed by atoms with Gasteiger partial charge in [-0.25, -0.2) is 0 Å². The zero-order valence-corrected chi connectivity index (χ0v) is 14.3. The number of ketones is 1. The topological polar surface area (TPSA) is 81.9 Å². The predicted octanol–water partition coefficient (Wildman–Crippen LogP) is 2.27. The van der Waals surface area contributed by atoms with Crippen LogP contribution in [-0.4, -0.2) is 55.1 Å². The second-order valence-electron chi connectivity index (χ2n) is 6.13. The predicted molar refractivity (Wildman–Crippen MR) is 86.0 cm³/mol. The number of nitrogens with zero attached hydrogens (tertiary/aromatic N) is 2. The van der Waals surface area contributed by atoms with Crippen molar-refractivity contribution in [2.24, 2.45) is 5.41 Å². The van der Waals surface area contributed by atoms with Crippen molar-refractivity contribution >= 4 is 27.4 Å². The summed E-state index contributed by atoms with van der Waals surface area (Å²) in [6, 6.07) is 2.96. The Morgan fingerprint density at radius 2 is 2.09 bits per heavy atom. The highest BCUT2D eigenvalue weighted by molar-refractivity contribution is 9.10. The number of rotatable bonds is 3. The standard InChI is InChI=1S/C15H17BrN2O5/c1-15(8-17-2-4-22-5-3-17)9-23-13-11(14(15)19)6-10(16)7-12(13)18(20)21/h6-7H,2-5,8-9H2,1H3/t15-/m0/s1. The minimum absolute atomic E-state index is 0.0719. The summed E-state index contributed by atoms with van der Waals surface area (Å²) in [5.41, 5.74) is -0.636. The molecule has 124 valence electrons. The van der Waals surface area contributed by atoms with Crippen molar-refractivity contribution in [2.75, 3.05) is 39.5 Å². The van der Waals surface area contributed by atoms with Crippen LogP contribution in [0.3, 0.4) is 0 Å². The fourth-order valence-corrected chi connectivity index (χ4v) is 3.47. The van der Waals surface area contributed by atoms with E-state index in [1.54, 1.807) is 6.07 Å².